The van der Waals surface area contributed by atoms with Crippen molar-refractivity contribution in [3.8, 4) is 5.75 Å². The van der Waals surface area contributed by atoms with E-state index in [0.717, 1.165) is 23.3 Å². The number of carbonyl (C=O) groups excluding carboxylic acids is 1. The summed E-state index contributed by atoms with van der Waals surface area (Å²) in [4.78, 5) is 11.8. The molecule has 0 saturated carbocycles. The highest BCUT2D eigenvalue weighted by molar-refractivity contribution is 5.84. The molecule has 0 fully saturated rings. The first-order valence-electron chi connectivity index (χ1n) is 8.54. The van der Waals surface area contributed by atoms with Crippen molar-refractivity contribution in [2.24, 2.45) is 0 Å². The normalized spacial score (nSPS) is 10.2. The van der Waals surface area contributed by atoms with Gasteiger partial charge in [0.1, 0.15) is 12.4 Å². The molecule has 0 bridgehead atoms. The third-order valence-corrected chi connectivity index (χ3v) is 3.82. The fourth-order valence-corrected chi connectivity index (χ4v) is 2.44. The molecule has 132 valence electrons. The van der Waals surface area contributed by atoms with E-state index >= 15 is 0 Å². The van der Waals surface area contributed by atoms with Gasteiger partial charge in [0.25, 0.3) is 0 Å². The van der Waals surface area contributed by atoms with Crippen LogP contribution >= 0.6 is 0 Å². The van der Waals surface area contributed by atoms with E-state index in [4.69, 9.17) is 9.47 Å². The number of nitrogens with one attached hydrogen (secondary N) is 1. The number of para-hydroxylation sites is 1. The number of rotatable bonds is 7. The van der Waals surface area contributed by atoms with Crippen LogP contribution in [0.5, 0.6) is 5.75 Å². The predicted octanol–water partition coefficient (Wildman–Crippen LogP) is 5.06. The maximum Gasteiger partial charge on any atom is 0.411 e. The summed E-state index contributed by atoms with van der Waals surface area (Å²) in [5.41, 5.74) is 2.80. The average Bonchev–Trinajstić information content (AvgIpc) is 2.69. The van der Waals surface area contributed by atoms with Crippen LogP contribution in [0.3, 0.4) is 0 Å². The van der Waals surface area contributed by atoms with Crippen molar-refractivity contribution in [2.45, 2.75) is 13.0 Å². The molecule has 4 nitrogen and oxygen atoms in total. The van der Waals surface area contributed by atoms with Crippen LogP contribution in [0, 0.1) is 0 Å². The minimum Gasteiger partial charge on any atom is -0.493 e. The molecule has 0 atom stereocenters. The Morgan fingerprint density at radius 2 is 1.42 bits per heavy atom. The van der Waals surface area contributed by atoms with Gasteiger partial charge < -0.3 is 9.47 Å². The summed E-state index contributed by atoms with van der Waals surface area (Å²) >= 11 is 0. The second kappa shape index (κ2) is 9.28. The number of carbonyl (C=O) groups is 1. The fraction of sp³-hybridized carbons (Fsp3) is 0.136. The minimum absolute atomic E-state index is 0.252. The number of amides is 1. The molecule has 0 spiro atoms. The summed E-state index contributed by atoms with van der Waals surface area (Å²) < 4.78 is 10.9. The molecule has 1 amide bonds. The van der Waals surface area contributed by atoms with Crippen molar-refractivity contribution >= 4 is 11.8 Å². The summed E-state index contributed by atoms with van der Waals surface area (Å²) in [5, 5.41) is 2.73. The lowest BCUT2D eigenvalue weighted by molar-refractivity contribution is 0.155. The van der Waals surface area contributed by atoms with Crippen molar-refractivity contribution < 1.29 is 14.3 Å². The summed E-state index contributed by atoms with van der Waals surface area (Å²) in [7, 11) is 0. The van der Waals surface area contributed by atoms with Crippen LogP contribution in [0.15, 0.2) is 84.9 Å². The smallest absolute Gasteiger partial charge is 0.411 e. The number of benzene rings is 3. The van der Waals surface area contributed by atoms with E-state index in [1.54, 1.807) is 0 Å². The molecule has 0 aliphatic heterocycles. The monoisotopic (exact) mass is 347 g/mol. The van der Waals surface area contributed by atoms with Crippen molar-refractivity contribution in [3.05, 3.63) is 96.1 Å². The molecule has 0 aliphatic rings. The largest absolute Gasteiger partial charge is 0.493 e. The first-order chi connectivity index (χ1) is 12.8. The lowest BCUT2D eigenvalue weighted by Gasteiger charge is -2.09. The molecule has 4 heteroatoms. The zero-order chi connectivity index (χ0) is 18.0. The highest BCUT2D eigenvalue weighted by Gasteiger charge is 2.04. The predicted molar refractivity (Wildman–Crippen MR) is 102 cm³/mol. The van der Waals surface area contributed by atoms with Gasteiger partial charge in [-0.05, 0) is 35.4 Å². The van der Waals surface area contributed by atoms with Crippen LogP contribution in [0.2, 0.25) is 0 Å². The average molecular weight is 347 g/mol. The summed E-state index contributed by atoms with van der Waals surface area (Å²) in [6.45, 7) is 0.859. The second-order valence-electron chi connectivity index (χ2n) is 5.80. The zero-order valence-corrected chi connectivity index (χ0v) is 14.4. The molecular weight excluding hydrogens is 326 g/mol. The van der Waals surface area contributed by atoms with Crippen LogP contribution in [0.1, 0.15) is 11.1 Å². The van der Waals surface area contributed by atoms with Crippen molar-refractivity contribution in [1.29, 1.82) is 0 Å². The standard InChI is InChI=1S/C22H21NO3/c24-22(26-17-19-7-3-1-4-8-19)23-20-13-11-18(12-14-20)15-16-25-21-9-5-2-6-10-21/h1-14H,15-17H2,(H,23,24). The van der Waals surface area contributed by atoms with Gasteiger partial charge in [-0.15, -0.1) is 0 Å². The van der Waals surface area contributed by atoms with Crippen molar-refractivity contribution in [2.75, 3.05) is 11.9 Å². The van der Waals surface area contributed by atoms with Gasteiger partial charge >= 0.3 is 6.09 Å². The molecule has 26 heavy (non-hydrogen) atoms. The lowest BCUT2D eigenvalue weighted by Crippen LogP contribution is -2.13. The van der Waals surface area contributed by atoms with Gasteiger partial charge in [0.2, 0.25) is 0 Å². The molecular formula is C22H21NO3. The number of hydrogen-bond donors (Lipinski definition) is 1. The van der Waals surface area contributed by atoms with Gasteiger partial charge in [-0.25, -0.2) is 4.79 Å². The lowest BCUT2D eigenvalue weighted by atomic mass is 10.1. The van der Waals surface area contributed by atoms with E-state index < -0.39 is 6.09 Å². The molecule has 0 aromatic heterocycles. The minimum atomic E-state index is -0.464. The third kappa shape index (κ3) is 5.67. The quantitative estimate of drug-likeness (QED) is 0.650. The Bertz CT molecular complexity index is 802. The van der Waals surface area contributed by atoms with E-state index in [1.807, 2.05) is 84.9 Å². The van der Waals surface area contributed by atoms with E-state index in [2.05, 4.69) is 5.32 Å². The number of hydrogen-bond acceptors (Lipinski definition) is 3. The molecule has 3 aromatic rings. The Morgan fingerprint density at radius 3 is 2.12 bits per heavy atom. The highest BCUT2D eigenvalue weighted by atomic mass is 16.5. The zero-order valence-electron chi connectivity index (χ0n) is 14.4. The van der Waals surface area contributed by atoms with E-state index in [9.17, 15) is 4.79 Å². The Morgan fingerprint density at radius 1 is 0.769 bits per heavy atom. The van der Waals surface area contributed by atoms with Crippen LogP contribution < -0.4 is 10.1 Å². The maximum absolute atomic E-state index is 11.8. The highest BCUT2D eigenvalue weighted by Crippen LogP contribution is 2.13. The summed E-state index contributed by atoms with van der Waals surface area (Å²) in [6.07, 6.45) is 0.335. The molecule has 1 N–H and O–H groups in total. The SMILES string of the molecule is O=C(Nc1ccc(CCOc2ccccc2)cc1)OCc1ccccc1. The van der Waals surface area contributed by atoms with E-state index in [0.29, 0.717) is 12.3 Å². The number of anilines is 1. The molecule has 0 radical (unpaired) electrons. The Balaban J connectivity index is 1.41. The van der Waals surface area contributed by atoms with Crippen LogP contribution in [0.4, 0.5) is 10.5 Å². The van der Waals surface area contributed by atoms with Crippen LogP contribution in [0.25, 0.3) is 0 Å². The number of ether oxygens (including phenoxy) is 2. The molecule has 0 aliphatic carbocycles. The Kier molecular flexibility index (Phi) is 6.26. The topological polar surface area (TPSA) is 47.6 Å². The van der Waals surface area contributed by atoms with Gasteiger partial charge in [-0.1, -0.05) is 60.7 Å². The molecule has 3 rings (SSSR count). The van der Waals surface area contributed by atoms with Crippen molar-refractivity contribution in [3.63, 3.8) is 0 Å². The third-order valence-electron chi connectivity index (χ3n) is 3.82. The van der Waals surface area contributed by atoms with Gasteiger partial charge in [-0.3, -0.25) is 5.32 Å². The van der Waals surface area contributed by atoms with E-state index in [1.165, 1.54) is 0 Å². The molecule has 0 heterocycles. The van der Waals surface area contributed by atoms with Gasteiger partial charge in [-0.2, -0.15) is 0 Å². The first kappa shape index (κ1) is 17.5. The van der Waals surface area contributed by atoms with Crippen LogP contribution in [-0.2, 0) is 17.8 Å². The molecule has 0 saturated heterocycles. The maximum atomic E-state index is 11.8. The van der Waals surface area contributed by atoms with Crippen LogP contribution in [-0.4, -0.2) is 12.7 Å². The Labute approximate surface area is 153 Å². The van der Waals surface area contributed by atoms with E-state index in [-0.39, 0.29) is 6.61 Å². The Hall–Kier alpha value is -3.27. The fourth-order valence-electron chi connectivity index (χ4n) is 2.44. The van der Waals surface area contributed by atoms with Gasteiger partial charge in [0.05, 0.1) is 6.61 Å². The molecule has 3 aromatic carbocycles. The van der Waals surface area contributed by atoms with Crippen molar-refractivity contribution in [1.82, 2.24) is 0 Å². The van der Waals surface area contributed by atoms with Gasteiger partial charge in [0, 0.05) is 12.1 Å². The van der Waals surface area contributed by atoms with Gasteiger partial charge in [0.15, 0.2) is 0 Å². The first-order valence-corrected chi connectivity index (χ1v) is 8.54. The second-order valence-corrected chi connectivity index (χ2v) is 5.80. The molecule has 0 unspecified atom stereocenters. The summed E-state index contributed by atoms with van der Waals surface area (Å²) in [6, 6.07) is 27.0. The summed E-state index contributed by atoms with van der Waals surface area (Å²) in [5.74, 6) is 0.868.